The molecular weight excluding hydrogens is 236 g/mol. The molecule has 3 rings (SSSR count). The average Bonchev–Trinajstić information content (AvgIpc) is 2.92. The number of anilines is 2. The van der Waals surface area contributed by atoms with Crippen LogP contribution in [0.4, 0.5) is 11.6 Å². The fourth-order valence-electron chi connectivity index (χ4n) is 3.19. The quantitative estimate of drug-likeness (QED) is 0.906. The topological polar surface area (TPSA) is 41.1 Å². The SMILES string of the molecule is Cc1nc(NC2CCCC2)cc(N2CCCCC2)n1. The lowest BCUT2D eigenvalue weighted by molar-refractivity contribution is 0.572. The summed E-state index contributed by atoms with van der Waals surface area (Å²) in [6.07, 6.45) is 9.18. The number of nitrogens with zero attached hydrogens (tertiary/aromatic N) is 3. The average molecular weight is 260 g/mol. The summed E-state index contributed by atoms with van der Waals surface area (Å²) in [6.45, 7) is 4.27. The highest BCUT2D eigenvalue weighted by Crippen LogP contribution is 2.24. The molecule has 1 saturated heterocycles. The number of rotatable bonds is 3. The van der Waals surface area contributed by atoms with E-state index < -0.39 is 0 Å². The zero-order chi connectivity index (χ0) is 13.1. The van der Waals surface area contributed by atoms with Crippen LogP contribution in [0.5, 0.6) is 0 Å². The second kappa shape index (κ2) is 5.76. The van der Waals surface area contributed by atoms with Gasteiger partial charge in [-0.25, -0.2) is 9.97 Å². The predicted molar refractivity (Wildman–Crippen MR) is 78.7 cm³/mol. The van der Waals surface area contributed by atoms with E-state index in [9.17, 15) is 0 Å². The van der Waals surface area contributed by atoms with E-state index in [1.807, 2.05) is 6.92 Å². The second-order valence-electron chi connectivity index (χ2n) is 5.83. The van der Waals surface area contributed by atoms with Crippen LogP contribution in [0, 0.1) is 6.92 Å². The van der Waals surface area contributed by atoms with Crippen molar-refractivity contribution in [3.63, 3.8) is 0 Å². The van der Waals surface area contributed by atoms with Crippen LogP contribution in [0.3, 0.4) is 0 Å². The molecule has 0 bridgehead atoms. The maximum absolute atomic E-state index is 4.61. The number of aryl methyl sites for hydroxylation is 1. The highest BCUT2D eigenvalue weighted by molar-refractivity contribution is 5.50. The minimum atomic E-state index is 0.614. The van der Waals surface area contributed by atoms with Crippen LogP contribution in [-0.4, -0.2) is 29.1 Å². The van der Waals surface area contributed by atoms with Gasteiger partial charge in [0, 0.05) is 25.2 Å². The molecule has 4 nitrogen and oxygen atoms in total. The number of hydrogen-bond donors (Lipinski definition) is 1. The van der Waals surface area contributed by atoms with Crippen molar-refractivity contribution in [2.45, 2.75) is 57.9 Å². The Morgan fingerprint density at radius 2 is 1.79 bits per heavy atom. The first-order valence-corrected chi connectivity index (χ1v) is 7.68. The first kappa shape index (κ1) is 12.7. The van der Waals surface area contributed by atoms with Gasteiger partial charge in [-0.05, 0) is 39.0 Å². The summed E-state index contributed by atoms with van der Waals surface area (Å²) in [5.74, 6) is 3.00. The third kappa shape index (κ3) is 3.17. The highest BCUT2D eigenvalue weighted by Gasteiger charge is 2.17. The normalized spacial score (nSPS) is 20.8. The lowest BCUT2D eigenvalue weighted by Crippen LogP contribution is -2.30. The van der Waals surface area contributed by atoms with Gasteiger partial charge in [0.2, 0.25) is 0 Å². The van der Waals surface area contributed by atoms with Gasteiger partial charge < -0.3 is 10.2 Å². The molecule has 4 heteroatoms. The fourth-order valence-corrected chi connectivity index (χ4v) is 3.19. The smallest absolute Gasteiger partial charge is 0.134 e. The Morgan fingerprint density at radius 3 is 2.53 bits per heavy atom. The number of aromatic nitrogens is 2. The first-order valence-electron chi connectivity index (χ1n) is 7.68. The summed E-state index contributed by atoms with van der Waals surface area (Å²) in [4.78, 5) is 11.6. The monoisotopic (exact) mass is 260 g/mol. The fraction of sp³-hybridized carbons (Fsp3) is 0.733. The summed E-state index contributed by atoms with van der Waals surface area (Å²) in [5.41, 5.74) is 0. The van der Waals surface area contributed by atoms with Crippen molar-refractivity contribution in [2.24, 2.45) is 0 Å². The van der Waals surface area contributed by atoms with E-state index in [0.717, 1.165) is 30.5 Å². The van der Waals surface area contributed by atoms with Gasteiger partial charge in [-0.1, -0.05) is 12.8 Å². The molecule has 0 atom stereocenters. The predicted octanol–water partition coefficient (Wildman–Crippen LogP) is 3.13. The molecule has 1 saturated carbocycles. The molecular formula is C15H24N4. The molecule has 2 aliphatic rings. The van der Waals surface area contributed by atoms with Gasteiger partial charge in [0.05, 0.1) is 0 Å². The largest absolute Gasteiger partial charge is 0.367 e. The summed E-state index contributed by atoms with van der Waals surface area (Å²) in [7, 11) is 0. The van der Waals surface area contributed by atoms with Gasteiger partial charge in [0.1, 0.15) is 17.5 Å². The molecule has 0 amide bonds. The van der Waals surface area contributed by atoms with Gasteiger partial charge in [-0.15, -0.1) is 0 Å². The van der Waals surface area contributed by atoms with Crippen molar-refractivity contribution in [3.8, 4) is 0 Å². The molecule has 0 spiro atoms. The molecule has 0 aromatic carbocycles. The van der Waals surface area contributed by atoms with Crippen LogP contribution in [0.1, 0.15) is 50.8 Å². The van der Waals surface area contributed by atoms with Gasteiger partial charge in [0.15, 0.2) is 0 Å². The van der Waals surface area contributed by atoms with Crippen molar-refractivity contribution < 1.29 is 0 Å². The van der Waals surface area contributed by atoms with Crippen molar-refractivity contribution in [1.82, 2.24) is 9.97 Å². The van der Waals surface area contributed by atoms with E-state index in [4.69, 9.17) is 0 Å². The Balaban J connectivity index is 1.74. The number of hydrogen-bond acceptors (Lipinski definition) is 4. The molecule has 1 aromatic rings. The highest BCUT2D eigenvalue weighted by atomic mass is 15.2. The zero-order valence-electron chi connectivity index (χ0n) is 11.9. The number of nitrogens with one attached hydrogen (secondary N) is 1. The molecule has 1 N–H and O–H groups in total. The van der Waals surface area contributed by atoms with Gasteiger partial charge in [-0.2, -0.15) is 0 Å². The van der Waals surface area contributed by atoms with E-state index in [1.165, 1.54) is 44.9 Å². The van der Waals surface area contributed by atoms with Gasteiger partial charge >= 0.3 is 0 Å². The molecule has 2 fully saturated rings. The summed E-state index contributed by atoms with van der Waals surface area (Å²) >= 11 is 0. The standard InChI is InChI=1S/C15H24N4/c1-12-16-14(18-13-7-3-4-8-13)11-15(17-12)19-9-5-2-6-10-19/h11,13H,2-10H2,1H3,(H,16,17,18). The Morgan fingerprint density at radius 1 is 1.05 bits per heavy atom. The van der Waals surface area contributed by atoms with E-state index in [-0.39, 0.29) is 0 Å². The minimum absolute atomic E-state index is 0.614. The second-order valence-corrected chi connectivity index (χ2v) is 5.83. The van der Waals surface area contributed by atoms with Gasteiger partial charge in [0.25, 0.3) is 0 Å². The molecule has 19 heavy (non-hydrogen) atoms. The third-order valence-electron chi connectivity index (χ3n) is 4.21. The first-order chi connectivity index (χ1) is 9.31. The van der Waals surface area contributed by atoms with Crippen molar-refractivity contribution in [2.75, 3.05) is 23.3 Å². The maximum atomic E-state index is 4.61. The molecule has 1 aliphatic heterocycles. The van der Waals surface area contributed by atoms with Crippen LogP contribution < -0.4 is 10.2 Å². The zero-order valence-corrected chi connectivity index (χ0v) is 11.9. The van der Waals surface area contributed by atoms with Crippen LogP contribution in [0.15, 0.2) is 6.07 Å². The van der Waals surface area contributed by atoms with E-state index in [1.54, 1.807) is 0 Å². The Hall–Kier alpha value is -1.32. The Kier molecular flexibility index (Phi) is 3.85. The van der Waals surface area contributed by atoms with Crippen molar-refractivity contribution >= 4 is 11.6 Å². The summed E-state index contributed by atoms with van der Waals surface area (Å²) in [6, 6.07) is 2.75. The van der Waals surface area contributed by atoms with Crippen LogP contribution in [0.2, 0.25) is 0 Å². The summed E-state index contributed by atoms with van der Waals surface area (Å²) < 4.78 is 0. The number of piperidine rings is 1. The lowest BCUT2D eigenvalue weighted by Gasteiger charge is -2.28. The minimum Gasteiger partial charge on any atom is -0.367 e. The van der Waals surface area contributed by atoms with Crippen molar-refractivity contribution in [1.29, 1.82) is 0 Å². The van der Waals surface area contributed by atoms with Crippen LogP contribution in [0.25, 0.3) is 0 Å². The maximum Gasteiger partial charge on any atom is 0.134 e. The molecule has 0 radical (unpaired) electrons. The van der Waals surface area contributed by atoms with Gasteiger partial charge in [-0.3, -0.25) is 0 Å². The van der Waals surface area contributed by atoms with E-state index in [0.29, 0.717) is 6.04 Å². The third-order valence-corrected chi connectivity index (χ3v) is 4.21. The van der Waals surface area contributed by atoms with E-state index in [2.05, 4.69) is 26.3 Å². The molecule has 1 aliphatic carbocycles. The Labute approximate surface area is 115 Å². The molecule has 2 heterocycles. The molecule has 0 unspecified atom stereocenters. The van der Waals surface area contributed by atoms with Crippen LogP contribution in [-0.2, 0) is 0 Å². The van der Waals surface area contributed by atoms with Crippen LogP contribution >= 0.6 is 0 Å². The summed E-state index contributed by atoms with van der Waals surface area (Å²) in [5, 5.41) is 3.58. The van der Waals surface area contributed by atoms with E-state index >= 15 is 0 Å². The Bertz CT molecular complexity index is 420. The molecule has 1 aromatic heterocycles. The van der Waals surface area contributed by atoms with Crippen molar-refractivity contribution in [3.05, 3.63) is 11.9 Å². The lowest BCUT2D eigenvalue weighted by atomic mass is 10.1. The molecule has 104 valence electrons.